The van der Waals surface area contributed by atoms with Crippen LogP contribution in [-0.4, -0.2) is 40.5 Å². The molecule has 0 aliphatic carbocycles. The van der Waals surface area contributed by atoms with E-state index < -0.39 is 0 Å². The van der Waals surface area contributed by atoms with Crippen LogP contribution in [0.15, 0.2) is 24.8 Å². The van der Waals surface area contributed by atoms with E-state index in [1.54, 1.807) is 7.11 Å². The smallest absolute Gasteiger partial charge is 0.218 e. The van der Waals surface area contributed by atoms with Gasteiger partial charge in [0, 0.05) is 32.9 Å². The van der Waals surface area contributed by atoms with E-state index in [0.29, 0.717) is 5.88 Å². The summed E-state index contributed by atoms with van der Waals surface area (Å²) in [6.45, 7) is 0.926. The molecule has 0 aliphatic heterocycles. The third-order valence-electron chi connectivity index (χ3n) is 2.95. The average Bonchev–Trinajstić information content (AvgIpc) is 2.84. The van der Waals surface area contributed by atoms with E-state index in [0.717, 1.165) is 25.2 Å². The molecule has 0 N–H and O–H groups in total. The lowest BCUT2D eigenvalue weighted by Gasteiger charge is -2.17. The fourth-order valence-electron chi connectivity index (χ4n) is 1.89. The second-order valence-corrected chi connectivity index (χ2v) is 4.47. The zero-order valence-electron chi connectivity index (χ0n) is 11.6. The van der Waals surface area contributed by atoms with Crippen molar-refractivity contribution in [1.82, 2.24) is 19.7 Å². The van der Waals surface area contributed by atoms with Crippen molar-refractivity contribution in [2.75, 3.05) is 25.6 Å². The summed E-state index contributed by atoms with van der Waals surface area (Å²) in [5.41, 5.74) is 1.26. The van der Waals surface area contributed by atoms with Crippen LogP contribution in [0.1, 0.15) is 12.0 Å². The minimum Gasteiger partial charge on any atom is -0.481 e. The third kappa shape index (κ3) is 3.67. The second kappa shape index (κ2) is 6.17. The number of hydrogen-bond donors (Lipinski definition) is 0. The summed E-state index contributed by atoms with van der Waals surface area (Å²) in [6, 6.07) is 1.84. The molecule has 0 unspecified atom stereocenters. The molecule has 2 aromatic heterocycles. The van der Waals surface area contributed by atoms with Crippen molar-refractivity contribution < 1.29 is 4.74 Å². The van der Waals surface area contributed by atoms with E-state index in [9.17, 15) is 0 Å². The van der Waals surface area contributed by atoms with E-state index >= 15 is 0 Å². The molecule has 0 aliphatic rings. The predicted molar refractivity (Wildman–Crippen MR) is 73.4 cm³/mol. The van der Waals surface area contributed by atoms with Crippen molar-refractivity contribution in [3.8, 4) is 5.88 Å². The van der Waals surface area contributed by atoms with Gasteiger partial charge in [-0.1, -0.05) is 0 Å². The number of nitrogens with zero attached hydrogens (tertiary/aromatic N) is 5. The molecule has 0 atom stereocenters. The molecule has 6 heteroatoms. The molecule has 2 aromatic rings. The maximum Gasteiger partial charge on any atom is 0.218 e. The summed E-state index contributed by atoms with van der Waals surface area (Å²) >= 11 is 0. The SMILES string of the molecule is COc1cc(N(C)CCCc2cnn(C)c2)ncn1. The van der Waals surface area contributed by atoms with Crippen molar-refractivity contribution in [2.24, 2.45) is 7.05 Å². The highest BCUT2D eigenvalue weighted by atomic mass is 16.5. The van der Waals surface area contributed by atoms with Gasteiger partial charge in [0.1, 0.15) is 12.1 Å². The minimum absolute atomic E-state index is 0.587. The number of aromatic nitrogens is 4. The van der Waals surface area contributed by atoms with Gasteiger partial charge >= 0.3 is 0 Å². The molecule has 0 radical (unpaired) electrons. The quantitative estimate of drug-likeness (QED) is 0.784. The van der Waals surface area contributed by atoms with Gasteiger partial charge in [-0.05, 0) is 18.4 Å². The van der Waals surface area contributed by atoms with Crippen LogP contribution in [0.4, 0.5) is 5.82 Å². The Balaban J connectivity index is 1.85. The molecule has 2 rings (SSSR count). The Hall–Kier alpha value is -2.11. The molecule has 0 amide bonds. The van der Waals surface area contributed by atoms with Gasteiger partial charge in [0.25, 0.3) is 0 Å². The van der Waals surface area contributed by atoms with Gasteiger partial charge in [-0.25, -0.2) is 9.97 Å². The monoisotopic (exact) mass is 261 g/mol. The molecule has 0 fully saturated rings. The van der Waals surface area contributed by atoms with E-state index in [1.165, 1.54) is 11.9 Å². The second-order valence-electron chi connectivity index (χ2n) is 4.47. The number of hydrogen-bond acceptors (Lipinski definition) is 5. The van der Waals surface area contributed by atoms with Gasteiger partial charge in [0.2, 0.25) is 5.88 Å². The Morgan fingerprint density at radius 1 is 1.37 bits per heavy atom. The Bertz CT molecular complexity index is 525. The third-order valence-corrected chi connectivity index (χ3v) is 2.95. The molecule has 2 heterocycles. The summed E-state index contributed by atoms with van der Waals surface area (Å²) in [5, 5.41) is 4.16. The first kappa shape index (κ1) is 13.3. The largest absolute Gasteiger partial charge is 0.481 e. The first-order chi connectivity index (χ1) is 9.19. The summed E-state index contributed by atoms with van der Waals surface area (Å²) in [6.07, 6.45) is 7.54. The van der Waals surface area contributed by atoms with Gasteiger partial charge in [-0.3, -0.25) is 4.68 Å². The van der Waals surface area contributed by atoms with Crippen LogP contribution in [0.5, 0.6) is 5.88 Å². The van der Waals surface area contributed by atoms with Gasteiger partial charge in [0.05, 0.1) is 13.3 Å². The summed E-state index contributed by atoms with van der Waals surface area (Å²) in [4.78, 5) is 10.3. The lowest BCUT2D eigenvalue weighted by molar-refractivity contribution is 0.397. The topological polar surface area (TPSA) is 56.1 Å². The molecular weight excluding hydrogens is 242 g/mol. The summed E-state index contributed by atoms with van der Waals surface area (Å²) in [7, 11) is 5.56. The van der Waals surface area contributed by atoms with Crippen LogP contribution in [0.3, 0.4) is 0 Å². The lowest BCUT2D eigenvalue weighted by Crippen LogP contribution is -2.20. The predicted octanol–water partition coefficient (Wildman–Crippen LogP) is 1.29. The van der Waals surface area contributed by atoms with Crippen molar-refractivity contribution in [3.63, 3.8) is 0 Å². The molecule has 6 nitrogen and oxygen atoms in total. The average molecular weight is 261 g/mol. The van der Waals surface area contributed by atoms with Crippen molar-refractivity contribution in [3.05, 3.63) is 30.4 Å². The van der Waals surface area contributed by atoms with Crippen LogP contribution in [0.2, 0.25) is 0 Å². The maximum atomic E-state index is 5.09. The lowest BCUT2D eigenvalue weighted by atomic mass is 10.2. The number of ether oxygens (including phenoxy) is 1. The fourth-order valence-corrected chi connectivity index (χ4v) is 1.89. The van der Waals surface area contributed by atoms with Crippen molar-refractivity contribution in [1.29, 1.82) is 0 Å². The Morgan fingerprint density at radius 3 is 2.89 bits per heavy atom. The zero-order chi connectivity index (χ0) is 13.7. The first-order valence-corrected chi connectivity index (χ1v) is 6.23. The fraction of sp³-hybridized carbons (Fsp3) is 0.462. The first-order valence-electron chi connectivity index (χ1n) is 6.23. The van der Waals surface area contributed by atoms with E-state index in [1.807, 2.05) is 37.2 Å². The molecule has 102 valence electrons. The Kier molecular flexibility index (Phi) is 4.33. The number of rotatable bonds is 6. The number of anilines is 1. The number of methoxy groups -OCH3 is 1. The molecule has 0 bridgehead atoms. The maximum absolute atomic E-state index is 5.09. The highest BCUT2D eigenvalue weighted by Gasteiger charge is 2.05. The van der Waals surface area contributed by atoms with Gasteiger partial charge < -0.3 is 9.64 Å². The van der Waals surface area contributed by atoms with Gasteiger partial charge in [0.15, 0.2) is 0 Å². The molecule has 0 spiro atoms. The highest BCUT2D eigenvalue weighted by Crippen LogP contribution is 2.14. The van der Waals surface area contributed by atoms with Crippen LogP contribution in [-0.2, 0) is 13.5 Å². The standard InChI is InChI=1S/C13H19N5O/c1-17(12-7-13(19-3)15-10-14-12)6-4-5-11-8-16-18(2)9-11/h7-10H,4-6H2,1-3H3. The Labute approximate surface area is 113 Å². The van der Waals surface area contributed by atoms with Crippen molar-refractivity contribution >= 4 is 5.82 Å². The zero-order valence-corrected chi connectivity index (χ0v) is 11.6. The molecule has 19 heavy (non-hydrogen) atoms. The van der Waals surface area contributed by atoms with E-state index in [2.05, 4.69) is 20.0 Å². The highest BCUT2D eigenvalue weighted by molar-refractivity contribution is 5.39. The van der Waals surface area contributed by atoms with E-state index in [-0.39, 0.29) is 0 Å². The molecule has 0 saturated heterocycles. The molecule has 0 aromatic carbocycles. The van der Waals surface area contributed by atoms with Gasteiger partial charge in [-0.2, -0.15) is 5.10 Å². The normalized spacial score (nSPS) is 10.5. The van der Waals surface area contributed by atoms with Crippen molar-refractivity contribution in [2.45, 2.75) is 12.8 Å². The number of aryl methyl sites for hydroxylation is 2. The van der Waals surface area contributed by atoms with Crippen LogP contribution in [0, 0.1) is 0 Å². The van der Waals surface area contributed by atoms with Crippen LogP contribution >= 0.6 is 0 Å². The molecule has 0 saturated carbocycles. The van der Waals surface area contributed by atoms with Crippen LogP contribution in [0.25, 0.3) is 0 Å². The Morgan fingerprint density at radius 2 is 2.21 bits per heavy atom. The molecular formula is C13H19N5O. The summed E-state index contributed by atoms with van der Waals surface area (Å²) in [5.74, 6) is 1.46. The van der Waals surface area contributed by atoms with E-state index in [4.69, 9.17) is 4.74 Å². The minimum atomic E-state index is 0.587. The van der Waals surface area contributed by atoms with Crippen LogP contribution < -0.4 is 9.64 Å². The van der Waals surface area contributed by atoms with Gasteiger partial charge in [-0.15, -0.1) is 0 Å². The summed E-state index contributed by atoms with van der Waals surface area (Å²) < 4.78 is 6.92.